The third kappa shape index (κ3) is 4.71. The molecule has 1 aromatic carbocycles. The van der Waals surface area contributed by atoms with Crippen LogP contribution in [-0.2, 0) is 9.59 Å². The molecular weight excluding hydrogens is 322 g/mol. The molecule has 1 atom stereocenters. The van der Waals surface area contributed by atoms with Crippen molar-refractivity contribution in [3.63, 3.8) is 0 Å². The Morgan fingerprint density at radius 2 is 1.72 bits per heavy atom. The van der Waals surface area contributed by atoms with E-state index in [2.05, 4.69) is 5.32 Å². The first kappa shape index (κ1) is 18.8. The summed E-state index contributed by atoms with van der Waals surface area (Å²) in [5.41, 5.74) is 1.35. The smallest absolute Gasteiger partial charge is 0.319 e. The van der Waals surface area contributed by atoms with Crippen molar-refractivity contribution in [1.82, 2.24) is 9.80 Å². The summed E-state index contributed by atoms with van der Waals surface area (Å²) in [7, 11) is 3.44. The van der Waals surface area contributed by atoms with Gasteiger partial charge in [0.1, 0.15) is 0 Å². The minimum Gasteiger partial charge on any atom is -0.481 e. The summed E-state index contributed by atoms with van der Waals surface area (Å²) < 4.78 is 0. The molecule has 1 unspecified atom stereocenters. The van der Waals surface area contributed by atoms with Gasteiger partial charge < -0.3 is 20.2 Å². The fourth-order valence-electron chi connectivity index (χ4n) is 2.86. The van der Waals surface area contributed by atoms with Crippen molar-refractivity contribution >= 4 is 23.6 Å². The molecule has 0 radical (unpaired) electrons. The molecule has 0 aliphatic carbocycles. The molecule has 0 bridgehead atoms. The minimum absolute atomic E-state index is 0.0259. The van der Waals surface area contributed by atoms with Crippen LogP contribution in [0, 0.1) is 5.92 Å². The van der Waals surface area contributed by atoms with Crippen LogP contribution in [-0.4, -0.2) is 60.0 Å². The van der Waals surface area contributed by atoms with E-state index in [1.165, 1.54) is 0 Å². The van der Waals surface area contributed by atoms with Crippen LogP contribution in [0.2, 0.25) is 0 Å². The molecular formula is C18H25N3O4. The number of carboxylic acid groups (broad SMARTS) is 1. The zero-order valence-corrected chi connectivity index (χ0v) is 14.9. The topological polar surface area (TPSA) is 90.0 Å². The highest BCUT2D eigenvalue weighted by atomic mass is 16.4. The lowest BCUT2D eigenvalue weighted by atomic mass is 9.96. The molecule has 7 nitrogen and oxygen atoms in total. The molecule has 1 fully saturated rings. The number of likely N-dealkylation sites (tertiary alicyclic amines) is 1. The van der Waals surface area contributed by atoms with Gasteiger partial charge in [-0.1, -0.05) is 12.1 Å². The lowest BCUT2D eigenvalue weighted by Gasteiger charge is -2.33. The van der Waals surface area contributed by atoms with Crippen molar-refractivity contribution < 1.29 is 19.5 Å². The van der Waals surface area contributed by atoms with Crippen LogP contribution in [0.15, 0.2) is 24.3 Å². The van der Waals surface area contributed by atoms with Gasteiger partial charge >= 0.3 is 12.0 Å². The number of hydrogen-bond donors (Lipinski definition) is 2. The first-order valence-corrected chi connectivity index (χ1v) is 8.39. The summed E-state index contributed by atoms with van der Waals surface area (Å²) in [6.07, 6.45) is 1.28. The number of aliphatic carboxylic acids is 1. The SMILES string of the molecule is CC(C(=O)O)c1ccc(NC(=O)C2CCN(C(=O)N(C)C)CC2)cc1. The van der Waals surface area contributed by atoms with E-state index in [-0.39, 0.29) is 17.9 Å². The summed E-state index contributed by atoms with van der Waals surface area (Å²) in [4.78, 5) is 38.6. The molecule has 2 rings (SSSR count). The predicted octanol–water partition coefficient (Wildman–Crippen LogP) is 2.21. The Morgan fingerprint density at radius 3 is 2.20 bits per heavy atom. The van der Waals surface area contributed by atoms with Crippen molar-refractivity contribution in [2.75, 3.05) is 32.5 Å². The number of amides is 3. The average Bonchev–Trinajstić information content (AvgIpc) is 2.61. The van der Waals surface area contributed by atoms with Crippen LogP contribution in [0.3, 0.4) is 0 Å². The second kappa shape index (κ2) is 8.00. The number of carbonyl (C=O) groups excluding carboxylic acids is 2. The Kier molecular flexibility index (Phi) is 6.01. The molecule has 25 heavy (non-hydrogen) atoms. The number of carboxylic acids is 1. The van der Waals surface area contributed by atoms with E-state index in [0.717, 1.165) is 0 Å². The van der Waals surface area contributed by atoms with E-state index in [4.69, 9.17) is 5.11 Å². The van der Waals surface area contributed by atoms with Crippen molar-refractivity contribution in [2.24, 2.45) is 5.92 Å². The maximum atomic E-state index is 12.4. The van der Waals surface area contributed by atoms with Crippen molar-refractivity contribution in [2.45, 2.75) is 25.7 Å². The van der Waals surface area contributed by atoms with Gasteiger partial charge in [0.25, 0.3) is 0 Å². The Bertz CT molecular complexity index is 634. The van der Waals surface area contributed by atoms with E-state index in [9.17, 15) is 14.4 Å². The number of urea groups is 1. The van der Waals surface area contributed by atoms with Crippen molar-refractivity contribution in [3.05, 3.63) is 29.8 Å². The molecule has 1 heterocycles. The Morgan fingerprint density at radius 1 is 1.16 bits per heavy atom. The molecule has 1 saturated heterocycles. The second-order valence-electron chi connectivity index (χ2n) is 6.61. The van der Waals surface area contributed by atoms with E-state index >= 15 is 0 Å². The number of anilines is 1. The summed E-state index contributed by atoms with van der Waals surface area (Å²) >= 11 is 0. The highest BCUT2D eigenvalue weighted by Gasteiger charge is 2.28. The Balaban J connectivity index is 1.88. The van der Waals surface area contributed by atoms with E-state index in [0.29, 0.717) is 37.2 Å². The maximum absolute atomic E-state index is 12.4. The lowest BCUT2D eigenvalue weighted by Crippen LogP contribution is -2.45. The fourth-order valence-corrected chi connectivity index (χ4v) is 2.86. The number of benzene rings is 1. The predicted molar refractivity (Wildman–Crippen MR) is 94.5 cm³/mol. The molecule has 0 aromatic heterocycles. The summed E-state index contributed by atoms with van der Waals surface area (Å²) in [5, 5.41) is 11.9. The van der Waals surface area contributed by atoms with Crippen LogP contribution in [0.25, 0.3) is 0 Å². The van der Waals surface area contributed by atoms with Gasteiger partial charge in [-0.05, 0) is 37.5 Å². The van der Waals surface area contributed by atoms with Gasteiger partial charge in [0.05, 0.1) is 5.92 Å². The molecule has 1 aromatic rings. The molecule has 1 aliphatic rings. The molecule has 0 saturated carbocycles. The van der Waals surface area contributed by atoms with Crippen LogP contribution in [0.1, 0.15) is 31.2 Å². The van der Waals surface area contributed by atoms with Gasteiger partial charge in [-0.25, -0.2) is 4.79 Å². The number of rotatable bonds is 4. The number of nitrogens with one attached hydrogen (secondary N) is 1. The van der Waals surface area contributed by atoms with E-state index in [1.54, 1.807) is 55.1 Å². The van der Waals surface area contributed by atoms with Gasteiger partial charge in [-0.3, -0.25) is 9.59 Å². The fraction of sp³-hybridized carbons (Fsp3) is 0.500. The Hall–Kier alpha value is -2.57. The molecule has 2 N–H and O–H groups in total. The van der Waals surface area contributed by atoms with E-state index in [1.807, 2.05) is 0 Å². The third-order valence-electron chi connectivity index (χ3n) is 4.57. The van der Waals surface area contributed by atoms with Gasteiger partial charge in [0.2, 0.25) is 5.91 Å². The monoisotopic (exact) mass is 347 g/mol. The van der Waals surface area contributed by atoms with Crippen LogP contribution >= 0.6 is 0 Å². The van der Waals surface area contributed by atoms with Crippen LogP contribution in [0.5, 0.6) is 0 Å². The Labute approximate surface area is 147 Å². The van der Waals surface area contributed by atoms with E-state index < -0.39 is 11.9 Å². The van der Waals surface area contributed by atoms with Crippen LogP contribution in [0.4, 0.5) is 10.5 Å². The zero-order valence-electron chi connectivity index (χ0n) is 14.9. The quantitative estimate of drug-likeness (QED) is 0.874. The molecule has 1 aliphatic heterocycles. The minimum atomic E-state index is -0.879. The normalized spacial score (nSPS) is 16.2. The third-order valence-corrected chi connectivity index (χ3v) is 4.57. The second-order valence-corrected chi connectivity index (χ2v) is 6.61. The molecule has 3 amide bonds. The molecule has 7 heteroatoms. The van der Waals surface area contributed by atoms with Crippen molar-refractivity contribution in [1.29, 1.82) is 0 Å². The standard InChI is InChI=1S/C18H25N3O4/c1-12(17(23)24)13-4-6-15(7-5-13)19-16(22)14-8-10-21(11-9-14)18(25)20(2)3/h4-7,12,14H,8-11H2,1-3H3,(H,19,22)(H,23,24). The average molecular weight is 347 g/mol. The largest absolute Gasteiger partial charge is 0.481 e. The first-order chi connectivity index (χ1) is 11.8. The molecule has 136 valence electrons. The summed E-state index contributed by atoms with van der Waals surface area (Å²) in [6, 6.07) is 6.84. The number of piperidine rings is 1. The van der Waals surface area contributed by atoms with Gasteiger partial charge in [-0.15, -0.1) is 0 Å². The van der Waals surface area contributed by atoms with Gasteiger partial charge in [0, 0.05) is 38.8 Å². The zero-order chi connectivity index (χ0) is 18.6. The summed E-state index contributed by atoms with van der Waals surface area (Å²) in [6.45, 7) is 2.77. The highest BCUT2D eigenvalue weighted by molar-refractivity contribution is 5.92. The first-order valence-electron chi connectivity index (χ1n) is 8.39. The van der Waals surface area contributed by atoms with Gasteiger partial charge in [-0.2, -0.15) is 0 Å². The number of carbonyl (C=O) groups is 3. The maximum Gasteiger partial charge on any atom is 0.319 e. The van der Waals surface area contributed by atoms with Crippen LogP contribution < -0.4 is 5.32 Å². The van der Waals surface area contributed by atoms with Gasteiger partial charge in [0.15, 0.2) is 0 Å². The van der Waals surface area contributed by atoms with Crippen molar-refractivity contribution in [3.8, 4) is 0 Å². The number of nitrogens with zero attached hydrogens (tertiary/aromatic N) is 2. The summed E-state index contributed by atoms with van der Waals surface area (Å²) in [5.74, 6) is -1.64. The lowest BCUT2D eigenvalue weighted by molar-refractivity contribution is -0.138. The number of hydrogen-bond acceptors (Lipinski definition) is 3. The highest BCUT2D eigenvalue weighted by Crippen LogP contribution is 2.22. The molecule has 0 spiro atoms.